The SMILES string of the molecule is NC1CCC(C(=O)Nc2cccc(S(=O)(=O)NC3=NCCC3)c2)C1. The average molecular weight is 350 g/mol. The molecule has 1 heterocycles. The summed E-state index contributed by atoms with van der Waals surface area (Å²) in [5, 5.41) is 2.79. The molecule has 1 aromatic carbocycles. The molecule has 24 heavy (non-hydrogen) atoms. The predicted molar refractivity (Wildman–Crippen MR) is 92.2 cm³/mol. The highest BCUT2D eigenvalue weighted by molar-refractivity contribution is 7.90. The zero-order valence-corrected chi connectivity index (χ0v) is 14.2. The van der Waals surface area contributed by atoms with Crippen LogP contribution in [0.1, 0.15) is 32.1 Å². The van der Waals surface area contributed by atoms with Gasteiger partial charge in [-0.2, -0.15) is 0 Å². The second-order valence-corrected chi connectivity index (χ2v) is 8.01. The monoisotopic (exact) mass is 350 g/mol. The topological polar surface area (TPSA) is 114 Å². The van der Waals surface area contributed by atoms with E-state index in [1.165, 1.54) is 12.1 Å². The molecule has 7 nitrogen and oxygen atoms in total. The lowest BCUT2D eigenvalue weighted by atomic mass is 10.1. The van der Waals surface area contributed by atoms with Crippen LogP contribution in [-0.4, -0.2) is 32.7 Å². The Balaban J connectivity index is 1.70. The van der Waals surface area contributed by atoms with E-state index in [4.69, 9.17) is 5.73 Å². The van der Waals surface area contributed by atoms with Gasteiger partial charge in [0.2, 0.25) is 5.91 Å². The van der Waals surface area contributed by atoms with Gasteiger partial charge < -0.3 is 11.1 Å². The van der Waals surface area contributed by atoms with Crippen molar-refractivity contribution in [2.24, 2.45) is 16.6 Å². The zero-order valence-electron chi connectivity index (χ0n) is 13.4. The predicted octanol–water partition coefficient (Wildman–Crippen LogP) is 1.22. The van der Waals surface area contributed by atoms with Gasteiger partial charge in [0, 0.05) is 30.6 Å². The van der Waals surface area contributed by atoms with E-state index in [0.29, 0.717) is 30.9 Å². The van der Waals surface area contributed by atoms with Gasteiger partial charge in [-0.1, -0.05) is 6.07 Å². The fraction of sp³-hybridized carbons (Fsp3) is 0.500. The molecule has 0 aromatic heterocycles. The number of anilines is 1. The molecule has 1 aliphatic heterocycles. The molecule has 1 aromatic rings. The van der Waals surface area contributed by atoms with Gasteiger partial charge in [-0.3, -0.25) is 14.5 Å². The van der Waals surface area contributed by atoms with E-state index >= 15 is 0 Å². The summed E-state index contributed by atoms with van der Waals surface area (Å²) in [6.45, 7) is 0.650. The number of carbonyl (C=O) groups is 1. The van der Waals surface area contributed by atoms with Gasteiger partial charge in [-0.25, -0.2) is 8.42 Å². The lowest BCUT2D eigenvalue weighted by Gasteiger charge is -2.12. The normalized spacial score (nSPS) is 23.8. The van der Waals surface area contributed by atoms with Crippen LogP contribution in [0.5, 0.6) is 0 Å². The highest BCUT2D eigenvalue weighted by atomic mass is 32.2. The van der Waals surface area contributed by atoms with Crippen LogP contribution in [0.15, 0.2) is 34.2 Å². The molecular formula is C16H22N4O3S. The number of hydrogen-bond donors (Lipinski definition) is 3. The summed E-state index contributed by atoms with van der Waals surface area (Å²) in [5.74, 6) is 0.279. The van der Waals surface area contributed by atoms with E-state index in [1.54, 1.807) is 12.1 Å². The van der Waals surface area contributed by atoms with E-state index in [2.05, 4.69) is 15.0 Å². The van der Waals surface area contributed by atoms with Gasteiger partial charge in [-0.05, 0) is 43.9 Å². The second kappa shape index (κ2) is 6.90. The number of hydrogen-bond acceptors (Lipinski definition) is 5. The van der Waals surface area contributed by atoms with Gasteiger partial charge in [0.25, 0.3) is 10.0 Å². The Hall–Kier alpha value is -1.93. The molecule has 1 fully saturated rings. The van der Waals surface area contributed by atoms with E-state index in [-0.39, 0.29) is 22.8 Å². The van der Waals surface area contributed by atoms with E-state index in [9.17, 15) is 13.2 Å². The first-order valence-electron chi connectivity index (χ1n) is 8.17. The largest absolute Gasteiger partial charge is 0.328 e. The molecule has 0 spiro atoms. The summed E-state index contributed by atoms with van der Waals surface area (Å²) < 4.78 is 27.3. The highest BCUT2D eigenvalue weighted by Gasteiger charge is 2.28. The number of nitrogens with zero attached hydrogens (tertiary/aromatic N) is 1. The van der Waals surface area contributed by atoms with Gasteiger partial charge in [0.15, 0.2) is 0 Å². The number of carbonyl (C=O) groups excluding carboxylic acids is 1. The molecule has 0 radical (unpaired) electrons. The molecule has 4 N–H and O–H groups in total. The number of nitrogens with one attached hydrogen (secondary N) is 2. The number of nitrogens with two attached hydrogens (primary N) is 1. The number of amides is 1. The summed E-state index contributed by atoms with van der Waals surface area (Å²) in [4.78, 5) is 16.5. The Bertz CT molecular complexity index is 760. The van der Waals surface area contributed by atoms with Crippen LogP contribution in [0.25, 0.3) is 0 Å². The van der Waals surface area contributed by atoms with Gasteiger partial charge in [-0.15, -0.1) is 0 Å². The number of amidine groups is 1. The van der Waals surface area contributed by atoms with Crippen molar-refractivity contribution < 1.29 is 13.2 Å². The zero-order chi connectivity index (χ0) is 17.2. The van der Waals surface area contributed by atoms with E-state index in [1.807, 2.05) is 0 Å². The minimum atomic E-state index is -3.68. The minimum absolute atomic E-state index is 0.0730. The lowest BCUT2D eigenvalue weighted by Crippen LogP contribution is -2.29. The standard InChI is InChI=1S/C16H22N4O3S/c17-12-7-6-11(9-12)16(21)19-13-3-1-4-14(10-13)24(22,23)20-15-5-2-8-18-15/h1,3-4,10-12H,2,5-9,17H2,(H,18,20)(H,19,21). The number of aliphatic imine (C=N–C) groups is 1. The van der Waals surface area contributed by atoms with Crippen molar-refractivity contribution in [3.8, 4) is 0 Å². The Morgan fingerprint density at radius 1 is 1.29 bits per heavy atom. The Kier molecular flexibility index (Phi) is 4.86. The smallest absolute Gasteiger partial charge is 0.262 e. The summed E-state index contributed by atoms with van der Waals surface area (Å²) in [7, 11) is -3.68. The van der Waals surface area contributed by atoms with Crippen molar-refractivity contribution in [3.05, 3.63) is 24.3 Å². The third-order valence-corrected chi connectivity index (χ3v) is 5.76. The van der Waals surface area contributed by atoms with Gasteiger partial charge in [0.1, 0.15) is 5.84 Å². The summed E-state index contributed by atoms with van der Waals surface area (Å²) in [5.41, 5.74) is 6.31. The number of benzene rings is 1. The van der Waals surface area contributed by atoms with Crippen molar-refractivity contribution in [2.45, 2.75) is 43.0 Å². The van der Waals surface area contributed by atoms with Gasteiger partial charge in [0.05, 0.1) is 4.90 Å². The first-order chi connectivity index (χ1) is 11.4. The Labute approximate surface area is 141 Å². The minimum Gasteiger partial charge on any atom is -0.328 e. The van der Waals surface area contributed by atoms with Crippen molar-refractivity contribution >= 4 is 27.5 Å². The highest BCUT2D eigenvalue weighted by Crippen LogP contribution is 2.26. The van der Waals surface area contributed by atoms with Crippen LogP contribution in [0, 0.1) is 5.92 Å². The second-order valence-electron chi connectivity index (χ2n) is 6.32. The maximum Gasteiger partial charge on any atom is 0.262 e. The molecule has 2 aliphatic rings. The van der Waals surface area contributed by atoms with Crippen LogP contribution in [0.3, 0.4) is 0 Å². The van der Waals surface area contributed by atoms with Crippen molar-refractivity contribution in [1.82, 2.24) is 4.72 Å². The molecule has 0 bridgehead atoms. The maximum atomic E-state index is 12.4. The van der Waals surface area contributed by atoms with E-state index < -0.39 is 10.0 Å². The molecule has 130 valence electrons. The first kappa shape index (κ1) is 16.9. The molecule has 0 saturated heterocycles. The third-order valence-electron chi connectivity index (χ3n) is 4.38. The lowest BCUT2D eigenvalue weighted by molar-refractivity contribution is -0.119. The fourth-order valence-corrected chi connectivity index (χ4v) is 4.21. The van der Waals surface area contributed by atoms with Crippen molar-refractivity contribution in [2.75, 3.05) is 11.9 Å². The van der Waals surface area contributed by atoms with Crippen LogP contribution < -0.4 is 15.8 Å². The van der Waals surface area contributed by atoms with Crippen LogP contribution in [-0.2, 0) is 14.8 Å². The molecule has 3 rings (SSSR count). The summed E-state index contributed by atoms with van der Waals surface area (Å²) in [6, 6.07) is 6.33. The number of rotatable bonds is 4. The molecule has 8 heteroatoms. The first-order valence-corrected chi connectivity index (χ1v) is 9.65. The quantitative estimate of drug-likeness (QED) is 0.757. The summed E-state index contributed by atoms with van der Waals surface area (Å²) >= 11 is 0. The third kappa shape index (κ3) is 3.93. The average Bonchev–Trinajstić information content (AvgIpc) is 3.19. The molecule has 1 saturated carbocycles. The van der Waals surface area contributed by atoms with Crippen LogP contribution >= 0.6 is 0 Å². The van der Waals surface area contributed by atoms with Crippen molar-refractivity contribution in [1.29, 1.82) is 0 Å². The number of sulfonamides is 1. The molecule has 2 atom stereocenters. The van der Waals surface area contributed by atoms with E-state index in [0.717, 1.165) is 19.3 Å². The summed E-state index contributed by atoms with van der Waals surface area (Å²) in [6.07, 6.45) is 3.78. The Morgan fingerprint density at radius 3 is 2.79 bits per heavy atom. The van der Waals surface area contributed by atoms with Crippen molar-refractivity contribution in [3.63, 3.8) is 0 Å². The maximum absolute atomic E-state index is 12.4. The molecular weight excluding hydrogens is 328 g/mol. The molecule has 2 unspecified atom stereocenters. The van der Waals surface area contributed by atoms with Crippen LogP contribution in [0.4, 0.5) is 5.69 Å². The molecule has 1 aliphatic carbocycles. The Morgan fingerprint density at radius 2 is 2.12 bits per heavy atom. The molecule has 1 amide bonds. The van der Waals surface area contributed by atoms with Gasteiger partial charge >= 0.3 is 0 Å². The fourth-order valence-electron chi connectivity index (χ4n) is 3.08. The van der Waals surface area contributed by atoms with Crippen LogP contribution in [0.2, 0.25) is 0 Å².